The van der Waals surface area contributed by atoms with E-state index in [-0.39, 0.29) is 16.4 Å². The third-order valence-electron chi connectivity index (χ3n) is 2.98. The molecule has 2 rings (SSSR count). The number of nitro benzene ring substituents is 1. The minimum Gasteiger partial charge on any atom is -0.376 e. The minimum atomic E-state index is -0.611. The van der Waals surface area contributed by atoms with Crippen LogP contribution in [-0.4, -0.2) is 4.92 Å². The topological polar surface area (TPSA) is 55.2 Å². The van der Waals surface area contributed by atoms with Crippen molar-refractivity contribution in [3.8, 4) is 0 Å². The zero-order valence-corrected chi connectivity index (χ0v) is 11.7. The van der Waals surface area contributed by atoms with Crippen molar-refractivity contribution in [2.75, 3.05) is 5.32 Å². The molecule has 7 heteroatoms. The first-order chi connectivity index (χ1) is 9.88. The lowest BCUT2D eigenvalue weighted by Crippen LogP contribution is -2.08. The van der Waals surface area contributed by atoms with Crippen molar-refractivity contribution >= 4 is 23.0 Å². The van der Waals surface area contributed by atoms with Crippen LogP contribution in [0, 0.1) is 21.7 Å². The Balaban J connectivity index is 2.26. The second-order valence-corrected chi connectivity index (χ2v) is 4.87. The maximum Gasteiger partial charge on any atom is 0.271 e. The third-order valence-corrected chi connectivity index (χ3v) is 3.27. The van der Waals surface area contributed by atoms with E-state index in [9.17, 15) is 18.9 Å². The Morgan fingerprint density at radius 3 is 2.48 bits per heavy atom. The fourth-order valence-corrected chi connectivity index (χ4v) is 2.02. The number of halogens is 3. The van der Waals surface area contributed by atoms with Gasteiger partial charge in [-0.2, -0.15) is 0 Å². The van der Waals surface area contributed by atoms with E-state index < -0.39 is 22.6 Å². The smallest absolute Gasteiger partial charge is 0.271 e. The Morgan fingerprint density at radius 2 is 1.86 bits per heavy atom. The first kappa shape index (κ1) is 15.2. The summed E-state index contributed by atoms with van der Waals surface area (Å²) in [6.07, 6.45) is 0. The summed E-state index contributed by atoms with van der Waals surface area (Å²) in [6, 6.07) is 6.94. The summed E-state index contributed by atoms with van der Waals surface area (Å²) in [4.78, 5) is 10.1. The lowest BCUT2D eigenvalue weighted by Gasteiger charge is -2.16. The van der Waals surface area contributed by atoms with Crippen LogP contribution >= 0.6 is 11.6 Å². The van der Waals surface area contributed by atoms with E-state index >= 15 is 0 Å². The van der Waals surface area contributed by atoms with Gasteiger partial charge in [-0.1, -0.05) is 17.7 Å². The molecule has 0 aromatic heterocycles. The van der Waals surface area contributed by atoms with Gasteiger partial charge in [0.1, 0.15) is 11.6 Å². The second kappa shape index (κ2) is 6.05. The molecular weight excluding hydrogens is 302 g/mol. The van der Waals surface area contributed by atoms with Crippen molar-refractivity contribution in [2.45, 2.75) is 13.0 Å². The summed E-state index contributed by atoms with van der Waals surface area (Å²) in [5.74, 6) is -1.16. The molecule has 0 bridgehead atoms. The van der Waals surface area contributed by atoms with Crippen LogP contribution in [0.4, 0.5) is 20.2 Å². The van der Waals surface area contributed by atoms with Crippen molar-refractivity contribution in [2.24, 2.45) is 0 Å². The highest BCUT2D eigenvalue weighted by atomic mass is 35.5. The number of benzene rings is 2. The Bertz CT molecular complexity index is 695. The van der Waals surface area contributed by atoms with Gasteiger partial charge in [-0.15, -0.1) is 0 Å². The van der Waals surface area contributed by atoms with Crippen molar-refractivity contribution in [1.29, 1.82) is 0 Å². The van der Waals surface area contributed by atoms with Crippen LogP contribution in [0.25, 0.3) is 0 Å². The van der Waals surface area contributed by atoms with Crippen LogP contribution in [0.15, 0.2) is 36.4 Å². The summed E-state index contributed by atoms with van der Waals surface area (Å²) in [7, 11) is 0. The zero-order chi connectivity index (χ0) is 15.6. The van der Waals surface area contributed by atoms with Crippen LogP contribution in [0.2, 0.25) is 5.02 Å². The lowest BCUT2D eigenvalue weighted by atomic mass is 10.1. The molecule has 0 saturated carbocycles. The van der Waals surface area contributed by atoms with E-state index in [1.807, 2.05) is 0 Å². The first-order valence-corrected chi connectivity index (χ1v) is 6.41. The van der Waals surface area contributed by atoms with E-state index in [0.29, 0.717) is 5.56 Å². The van der Waals surface area contributed by atoms with Crippen LogP contribution in [0.5, 0.6) is 0 Å². The molecule has 1 unspecified atom stereocenters. The first-order valence-electron chi connectivity index (χ1n) is 6.04. The average molecular weight is 313 g/mol. The van der Waals surface area contributed by atoms with Gasteiger partial charge in [0.05, 0.1) is 15.6 Å². The van der Waals surface area contributed by atoms with Crippen LogP contribution in [0.3, 0.4) is 0 Å². The normalized spacial score (nSPS) is 12.0. The number of nitro groups is 1. The molecule has 1 atom stereocenters. The van der Waals surface area contributed by atoms with E-state index in [1.165, 1.54) is 18.2 Å². The van der Waals surface area contributed by atoms with Crippen molar-refractivity contribution in [3.05, 3.63) is 68.7 Å². The Hall–Kier alpha value is -2.21. The molecule has 0 aliphatic carbocycles. The quantitative estimate of drug-likeness (QED) is 0.657. The van der Waals surface area contributed by atoms with Crippen molar-refractivity contribution in [1.82, 2.24) is 0 Å². The van der Waals surface area contributed by atoms with Crippen LogP contribution < -0.4 is 5.32 Å². The number of hydrogen-bond donors (Lipinski definition) is 1. The third kappa shape index (κ3) is 3.46. The van der Waals surface area contributed by atoms with Gasteiger partial charge >= 0.3 is 0 Å². The van der Waals surface area contributed by atoms with Crippen molar-refractivity contribution < 1.29 is 13.7 Å². The maximum absolute atomic E-state index is 13.7. The molecule has 0 heterocycles. The molecule has 0 amide bonds. The number of nitrogens with one attached hydrogen (secondary N) is 1. The molecule has 0 radical (unpaired) electrons. The highest BCUT2D eigenvalue weighted by molar-refractivity contribution is 6.30. The molecule has 4 nitrogen and oxygen atoms in total. The van der Waals surface area contributed by atoms with E-state index in [2.05, 4.69) is 5.32 Å². The maximum atomic E-state index is 13.7. The fraction of sp³-hybridized carbons (Fsp3) is 0.143. The summed E-state index contributed by atoms with van der Waals surface area (Å²) >= 11 is 5.69. The molecule has 0 aliphatic heterocycles. The Kier molecular flexibility index (Phi) is 4.37. The van der Waals surface area contributed by atoms with Crippen molar-refractivity contribution in [3.63, 3.8) is 0 Å². The second-order valence-electron chi connectivity index (χ2n) is 4.46. The van der Waals surface area contributed by atoms with Crippen LogP contribution in [-0.2, 0) is 0 Å². The molecule has 2 aromatic carbocycles. The minimum absolute atomic E-state index is 0.00264. The number of rotatable bonds is 4. The van der Waals surface area contributed by atoms with E-state index in [4.69, 9.17) is 11.6 Å². The van der Waals surface area contributed by atoms with E-state index in [0.717, 1.165) is 18.2 Å². The fourth-order valence-electron chi connectivity index (χ4n) is 1.84. The lowest BCUT2D eigenvalue weighted by molar-refractivity contribution is -0.384. The van der Waals surface area contributed by atoms with Gasteiger partial charge in [0.25, 0.3) is 5.69 Å². The summed E-state index contributed by atoms with van der Waals surface area (Å²) in [6.45, 7) is 1.71. The summed E-state index contributed by atoms with van der Waals surface area (Å²) in [5.41, 5.74) is 0.410. The van der Waals surface area contributed by atoms with E-state index in [1.54, 1.807) is 6.92 Å². The summed E-state index contributed by atoms with van der Waals surface area (Å²) in [5, 5.41) is 13.5. The number of non-ortho nitro benzene ring substituents is 1. The number of hydrogen-bond acceptors (Lipinski definition) is 3. The molecule has 0 spiro atoms. The van der Waals surface area contributed by atoms with Gasteiger partial charge in [0, 0.05) is 18.2 Å². The zero-order valence-electron chi connectivity index (χ0n) is 10.9. The average Bonchev–Trinajstić information content (AvgIpc) is 2.43. The van der Waals surface area contributed by atoms with Gasteiger partial charge < -0.3 is 5.32 Å². The molecule has 0 aliphatic rings. The largest absolute Gasteiger partial charge is 0.376 e. The standard InChI is InChI=1S/C14H11ClF2N2O2/c1-8(9-2-4-12(16)11(15)6-9)18-14-7-10(19(20)21)3-5-13(14)17/h2-8,18H,1H3. The molecule has 2 aromatic rings. The predicted molar refractivity (Wildman–Crippen MR) is 76.5 cm³/mol. The number of anilines is 1. The molecule has 1 N–H and O–H groups in total. The molecule has 21 heavy (non-hydrogen) atoms. The molecule has 0 fully saturated rings. The van der Waals surface area contributed by atoms with Gasteiger partial charge in [-0.3, -0.25) is 10.1 Å². The van der Waals surface area contributed by atoms with Gasteiger partial charge in [0.2, 0.25) is 0 Å². The number of nitrogens with zero attached hydrogens (tertiary/aromatic N) is 1. The van der Waals surface area contributed by atoms with Gasteiger partial charge in [-0.05, 0) is 30.7 Å². The molecule has 0 saturated heterocycles. The monoisotopic (exact) mass is 312 g/mol. The highest BCUT2D eigenvalue weighted by Gasteiger charge is 2.14. The van der Waals surface area contributed by atoms with Gasteiger partial charge in [-0.25, -0.2) is 8.78 Å². The Labute approximate surface area is 124 Å². The van der Waals surface area contributed by atoms with Gasteiger partial charge in [0.15, 0.2) is 0 Å². The van der Waals surface area contributed by atoms with Crippen LogP contribution in [0.1, 0.15) is 18.5 Å². The molecule has 110 valence electrons. The highest BCUT2D eigenvalue weighted by Crippen LogP contribution is 2.27. The molecular formula is C14H11ClF2N2O2. The Morgan fingerprint density at radius 1 is 1.19 bits per heavy atom. The predicted octanol–water partition coefficient (Wildman–Crippen LogP) is 4.70. The summed E-state index contributed by atoms with van der Waals surface area (Å²) < 4.78 is 26.8. The SMILES string of the molecule is CC(Nc1cc([N+](=O)[O-])ccc1F)c1ccc(F)c(Cl)c1.